The van der Waals surface area contributed by atoms with Gasteiger partial charge in [-0.25, -0.2) is 4.79 Å². The number of esters is 1. The summed E-state index contributed by atoms with van der Waals surface area (Å²) in [5.41, 5.74) is -0.719. The van der Waals surface area contributed by atoms with Gasteiger partial charge in [0.1, 0.15) is 6.04 Å². The van der Waals surface area contributed by atoms with E-state index in [4.69, 9.17) is 17.0 Å². The normalized spacial score (nSPS) is 34.0. The van der Waals surface area contributed by atoms with Crippen LogP contribution >= 0.6 is 12.2 Å². The lowest BCUT2D eigenvalue weighted by atomic mass is 9.90. The van der Waals surface area contributed by atoms with Gasteiger partial charge in [0.05, 0.1) is 0 Å². The fourth-order valence-corrected chi connectivity index (χ4v) is 3.70. The summed E-state index contributed by atoms with van der Waals surface area (Å²) in [5, 5.41) is 3.94. The van der Waals surface area contributed by atoms with Gasteiger partial charge in [-0.1, -0.05) is 19.8 Å². The lowest BCUT2D eigenvalue weighted by molar-refractivity contribution is -0.153. The molecule has 2 aliphatic heterocycles. The Morgan fingerprint density at radius 3 is 2.78 bits per heavy atom. The first kappa shape index (κ1) is 13.6. The van der Waals surface area contributed by atoms with Crippen molar-refractivity contribution < 1.29 is 9.53 Å². The van der Waals surface area contributed by atoms with Gasteiger partial charge in [-0.15, -0.1) is 0 Å². The SMILES string of the molecule is CCCC[C@@H]1C(=O)O[C@]2(C)CC(C)(C)NC(=S)N12. The maximum absolute atomic E-state index is 12.1. The number of fused-ring (bicyclic) bond motifs is 1. The van der Waals surface area contributed by atoms with Crippen LogP contribution in [-0.4, -0.2) is 33.3 Å². The van der Waals surface area contributed by atoms with E-state index >= 15 is 0 Å². The summed E-state index contributed by atoms with van der Waals surface area (Å²) in [6, 6.07) is -0.217. The summed E-state index contributed by atoms with van der Waals surface area (Å²) in [7, 11) is 0. The molecule has 0 aromatic heterocycles. The Morgan fingerprint density at radius 2 is 2.17 bits per heavy atom. The van der Waals surface area contributed by atoms with Gasteiger partial charge >= 0.3 is 5.97 Å². The van der Waals surface area contributed by atoms with Gasteiger partial charge in [0.2, 0.25) is 0 Å². The third kappa shape index (κ3) is 2.20. The first-order chi connectivity index (χ1) is 8.29. The van der Waals surface area contributed by atoms with E-state index in [0.29, 0.717) is 5.11 Å². The quantitative estimate of drug-likeness (QED) is 0.629. The predicted molar refractivity (Wildman–Crippen MR) is 74.1 cm³/mol. The number of hydrogen-bond donors (Lipinski definition) is 1. The topological polar surface area (TPSA) is 41.6 Å². The van der Waals surface area contributed by atoms with E-state index < -0.39 is 5.72 Å². The van der Waals surface area contributed by atoms with E-state index in [2.05, 4.69) is 26.1 Å². The second-order valence-corrected chi connectivity index (χ2v) is 6.50. The average molecular weight is 270 g/mol. The highest BCUT2D eigenvalue weighted by atomic mass is 32.1. The number of unbranched alkanes of at least 4 members (excludes halogenated alkanes) is 1. The van der Waals surface area contributed by atoms with Gasteiger partial charge in [0.25, 0.3) is 0 Å². The smallest absolute Gasteiger partial charge is 0.331 e. The summed E-state index contributed by atoms with van der Waals surface area (Å²) < 4.78 is 5.63. The Labute approximate surface area is 114 Å². The van der Waals surface area contributed by atoms with Crippen LogP contribution in [0.25, 0.3) is 0 Å². The van der Waals surface area contributed by atoms with Gasteiger partial charge < -0.3 is 10.1 Å². The maximum atomic E-state index is 12.1. The summed E-state index contributed by atoms with van der Waals surface area (Å²) in [6.45, 7) is 8.24. The van der Waals surface area contributed by atoms with Gasteiger partial charge in [-0.3, -0.25) is 4.90 Å². The summed E-state index contributed by atoms with van der Waals surface area (Å²) >= 11 is 5.43. The molecule has 0 amide bonds. The number of thiocarbonyl (C=S) groups is 1. The molecule has 4 nitrogen and oxygen atoms in total. The fourth-order valence-electron chi connectivity index (χ4n) is 3.10. The maximum Gasteiger partial charge on any atom is 0.331 e. The van der Waals surface area contributed by atoms with Gasteiger partial charge in [0.15, 0.2) is 10.8 Å². The summed E-state index contributed by atoms with van der Waals surface area (Å²) in [5.74, 6) is -0.132. The molecule has 18 heavy (non-hydrogen) atoms. The molecule has 2 atom stereocenters. The van der Waals surface area contributed by atoms with Crippen LogP contribution < -0.4 is 5.32 Å². The van der Waals surface area contributed by atoms with Crippen molar-refractivity contribution in [3.05, 3.63) is 0 Å². The van der Waals surface area contributed by atoms with E-state index in [1.54, 1.807) is 0 Å². The zero-order valence-electron chi connectivity index (χ0n) is 11.6. The van der Waals surface area contributed by atoms with E-state index in [-0.39, 0.29) is 17.6 Å². The van der Waals surface area contributed by atoms with Crippen LogP contribution in [0.1, 0.15) is 53.4 Å². The Morgan fingerprint density at radius 1 is 1.50 bits per heavy atom. The summed E-state index contributed by atoms with van der Waals surface area (Å²) in [4.78, 5) is 14.0. The van der Waals surface area contributed by atoms with E-state index in [1.165, 1.54) is 0 Å². The van der Waals surface area contributed by atoms with Crippen molar-refractivity contribution in [2.45, 2.75) is 70.7 Å². The highest BCUT2D eigenvalue weighted by Crippen LogP contribution is 2.40. The molecule has 0 radical (unpaired) electrons. The Kier molecular flexibility index (Phi) is 3.30. The van der Waals surface area contributed by atoms with Crippen molar-refractivity contribution in [2.24, 2.45) is 0 Å². The molecule has 0 unspecified atom stereocenters. The number of carbonyl (C=O) groups excluding carboxylic acids is 1. The van der Waals surface area contributed by atoms with Crippen molar-refractivity contribution in [3.63, 3.8) is 0 Å². The summed E-state index contributed by atoms with van der Waals surface area (Å²) in [6.07, 6.45) is 3.64. The number of rotatable bonds is 3. The molecule has 2 heterocycles. The van der Waals surface area contributed by atoms with Crippen LogP contribution in [0.5, 0.6) is 0 Å². The average Bonchev–Trinajstić information content (AvgIpc) is 2.43. The van der Waals surface area contributed by atoms with E-state index in [0.717, 1.165) is 25.7 Å². The minimum absolute atomic E-state index is 0.132. The Hall–Kier alpha value is -0.840. The molecule has 0 aliphatic carbocycles. The van der Waals surface area contributed by atoms with Crippen LogP contribution in [0.15, 0.2) is 0 Å². The fraction of sp³-hybridized carbons (Fsp3) is 0.846. The van der Waals surface area contributed by atoms with Crippen LogP contribution in [0, 0.1) is 0 Å². The molecule has 1 N–H and O–H groups in total. The molecule has 0 aromatic carbocycles. The zero-order valence-corrected chi connectivity index (χ0v) is 12.4. The standard InChI is InChI=1S/C13H22N2O2S/c1-5-6-7-9-10(16)17-13(4)8-12(2,3)14-11(18)15(9)13/h9H,5-8H2,1-4H3,(H,14,18)/t9-,13-/m1/s1. The third-order valence-corrected chi connectivity index (χ3v) is 3.98. The molecule has 0 bridgehead atoms. The highest BCUT2D eigenvalue weighted by molar-refractivity contribution is 7.80. The number of nitrogens with one attached hydrogen (secondary N) is 1. The van der Waals surface area contributed by atoms with Crippen LogP contribution in [0.2, 0.25) is 0 Å². The van der Waals surface area contributed by atoms with Crippen molar-refractivity contribution in [3.8, 4) is 0 Å². The molecule has 2 aliphatic rings. The minimum atomic E-state index is -0.582. The van der Waals surface area contributed by atoms with Crippen molar-refractivity contribution in [1.29, 1.82) is 0 Å². The predicted octanol–water partition coefficient (Wildman–Crippen LogP) is 2.18. The highest BCUT2D eigenvalue weighted by Gasteiger charge is 2.56. The van der Waals surface area contributed by atoms with Gasteiger partial charge in [-0.2, -0.15) is 0 Å². The van der Waals surface area contributed by atoms with Crippen molar-refractivity contribution in [1.82, 2.24) is 10.2 Å². The molecule has 2 rings (SSSR count). The molecule has 5 heteroatoms. The molecule has 0 saturated carbocycles. The molecule has 2 fully saturated rings. The number of hydrogen-bond acceptors (Lipinski definition) is 3. The van der Waals surface area contributed by atoms with Gasteiger partial charge in [0, 0.05) is 12.0 Å². The second kappa shape index (κ2) is 4.37. The largest absolute Gasteiger partial charge is 0.437 e. The van der Waals surface area contributed by atoms with Gasteiger partial charge in [-0.05, 0) is 39.4 Å². The Balaban J connectivity index is 2.25. The second-order valence-electron chi connectivity index (χ2n) is 6.11. The van der Waals surface area contributed by atoms with Crippen molar-refractivity contribution in [2.75, 3.05) is 0 Å². The lowest BCUT2D eigenvalue weighted by Crippen LogP contribution is -2.66. The zero-order chi connectivity index (χ0) is 13.6. The molecule has 0 aromatic rings. The minimum Gasteiger partial charge on any atom is -0.437 e. The first-order valence-electron chi connectivity index (χ1n) is 6.63. The Bertz CT molecular complexity index is 383. The van der Waals surface area contributed by atoms with Crippen LogP contribution in [0.4, 0.5) is 0 Å². The number of nitrogens with zero attached hydrogens (tertiary/aromatic N) is 1. The van der Waals surface area contributed by atoms with Crippen LogP contribution in [0.3, 0.4) is 0 Å². The van der Waals surface area contributed by atoms with E-state index in [1.807, 2.05) is 11.8 Å². The lowest BCUT2D eigenvalue weighted by Gasteiger charge is -2.48. The molecule has 102 valence electrons. The first-order valence-corrected chi connectivity index (χ1v) is 7.04. The number of carbonyl (C=O) groups is 1. The number of ether oxygens (including phenoxy) is 1. The van der Waals surface area contributed by atoms with Crippen molar-refractivity contribution >= 4 is 23.3 Å². The third-order valence-electron chi connectivity index (χ3n) is 3.68. The van der Waals surface area contributed by atoms with Crippen LogP contribution in [-0.2, 0) is 9.53 Å². The molecular weight excluding hydrogens is 248 g/mol. The molecule has 0 spiro atoms. The molecule has 2 saturated heterocycles. The monoisotopic (exact) mass is 270 g/mol. The van der Waals surface area contributed by atoms with E-state index in [9.17, 15) is 4.79 Å². The molecular formula is C13H22N2O2S.